The number of rotatable bonds is 2. The molecule has 1 amide bonds. The monoisotopic (exact) mass is 232 g/mol. The van der Waals surface area contributed by atoms with Gasteiger partial charge in [-0.2, -0.15) is 0 Å². The van der Waals surface area contributed by atoms with Gasteiger partial charge in [-0.15, -0.1) is 0 Å². The van der Waals surface area contributed by atoms with E-state index in [1.165, 1.54) is 5.56 Å². The minimum absolute atomic E-state index is 0.138. The average Bonchev–Trinajstić information content (AvgIpc) is 2.80. The minimum atomic E-state index is 0.138. The number of hydrogen-bond acceptors (Lipinski definition) is 2. The van der Waals surface area contributed by atoms with E-state index in [2.05, 4.69) is 0 Å². The van der Waals surface area contributed by atoms with E-state index >= 15 is 0 Å². The van der Waals surface area contributed by atoms with E-state index in [1.54, 1.807) is 0 Å². The molecule has 2 N–H and O–H groups in total. The van der Waals surface area contributed by atoms with Crippen molar-refractivity contribution in [2.24, 2.45) is 5.73 Å². The van der Waals surface area contributed by atoms with Crippen molar-refractivity contribution in [3.05, 3.63) is 34.9 Å². The first-order chi connectivity index (χ1) is 8.15. The van der Waals surface area contributed by atoms with Crippen molar-refractivity contribution in [1.82, 2.24) is 4.90 Å². The van der Waals surface area contributed by atoms with Gasteiger partial charge in [-0.3, -0.25) is 4.79 Å². The van der Waals surface area contributed by atoms with Crippen LogP contribution in [0.25, 0.3) is 0 Å². The number of carbonyl (C=O) groups is 1. The second-order valence-electron chi connectivity index (χ2n) is 4.78. The topological polar surface area (TPSA) is 46.3 Å². The highest BCUT2D eigenvalue weighted by Crippen LogP contribution is 2.22. The summed E-state index contributed by atoms with van der Waals surface area (Å²) in [4.78, 5) is 14.4. The number of likely N-dealkylation sites (tertiary alicyclic amines) is 1. The number of carbonyl (C=O) groups excluding carboxylic acids is 1. The first-order valence-electron chi connectivity index (χ1n) is 6.22. The van der Waals surface area contributed by atoms with Crippen LogP contribution in [0.5, 0.6) is 0 Å². The van der Waals surface area contributed by atoms with E-state index < -0.39 is 0 Å². The van der Waals surface area contributed by atoms with Crippen LogP contribution in [0.2, 0.25) is 0 Å². The summed E-state index contributed by atoms with van der Waals surface area (Å²) in [5.74, 6) is 0.138. The Balaban J connectivity index is 2.28. The van der Waals surface area contributed by atoms with Gasteiger partial charge >= 0.3 is 0 Å². The van der Waals surface area contributed by atoms with Crippen molar-refractivity contribution in [3.63, 3.8) is 0 Å². The first-order valence-corrected chi connectivity index (χ1v) is 6.22. The third-order valence-corrected chi connectivity index (χ3v) is 3.75. The smallest absolute Gasteiger partial charge is 0.254 e. The Morgan fingerprint density at radius 1 is 1.47 bits per heavy atom. The standard InChI is InChI=1S/C14H20N2O/c1-10-5-3-7-13(11(10)2)14(17)16-8-4-6-12(16)9-15/h3,5,7,12H,4,6,8-9,15H2,1-2H3. The van der Waals surface area contributed by atoms with Gasteiger partial charge in [-0.25, -0.2) is 0 Å². The zero-order valence-corrected chi connectivity index (χ0v) is 10.6. The zero-order chi connectivity index (χ0) is 12.4. The molecule has 1 aliphatic heterocycles. The van der Waals surface area contributed by atoms with Gasteiger partial charge in [0.05, 0.1) is 0 Å². The second-order valence-corrected chi connectivity index (χ2v) is 4.78. The van der Waals surface area contributed by atoms with Gasteiger partial charge in [0.15, 0.2) is 0 Å². The summed E-state index contributed by atoms with van der Waals surface area (Å²) >= 11 is 0. The fraction of sp³-hybridized carbons (Fsp3) is 0.500. The van der Waals surface area contributed by atoms with Crippen molar-refractivity contribution >= 4 is 5.91 Å². The Bertz CT molecular complexity index is 428. The predicted octanol–water partition coefficient (Wildman–Crippen LogP) is 1.87. The summed E-state index contributed by atoms with van der Waals surface area (Å²) in [6, 6.07) is 6.12. The lowest BCUT2D eigenvalue weighted by molar-refractivity contribution is 0.0740. The molecule has 0 saturated carbocycles. The van der Waals surface area contributed by atoms with E-state index in [4.69, 9.17) is 5.73 Å². The molecular weight excluding hydrogens is 212 g/mol. The van der Waals surface area contributed by atoms with E-state index in [0.717, 1.165) is 30.5 Å². The quantitative estimate of drug-likeness (QED) is 0.846. The lowest BCUT2D eigenvalue weighted by Gasteiger charge is -2.24. The molecule has 1 aliphatic rings. The van der Waals surface area contributed by atoms with E-state index in [0.29, 0.717) is 6.54 Å². The van der Waals surface area contributed by atoms with Crippen LogP contribution in [0.1, 0.15) is 34.3 Å². The summed E-state index contributed by atoms with van der Waals surface area (Å²) < 4.78 is 0. The van der Waals surface area contributed by atoms with Crippen molar-refractivity contribution in [2.45, 2.75) is 32.7 Å². The van der Waals surface area contributed by atoms with E-state index in [-0.39, 0.29) is 11.9 Å². The molecule has 0 spiro atoms. The maximum absolute atomic E-state index is 12.5. The Kier molecular flexibility index (Phi) is 3.48. The number of nitrogens with two attached hydrogens (primary N) is 1. The molecule has 3 heteroatoms. The molecule has 1 aromatic rings. The van der Waals surface area contributed by atoms with Gasteiger partial charge in [0.2, 0.25) is 0 Å². The average molecular weight is 232 g/mol. The molecule has 1 fully saturated rings. The van der Waals surface area contributed by atoms with Crippen LogP contribution in [0.3, 0.4) is 0 Å². The van der Waals surface area contributed by atoms with E-state index in [1.807, 2.05) is 36.9 Å². The highest BCUT2D eigenvalue weighted by atomic mass is 16.2. The number of aryl methyl sites for hydroxylation is 1. The fourth-order valence-electron chi connectivity index (χ4n) is 2.49. The maximum Gasteiger partial charge on any atom is 0.254 e. The summed E-state index contributed by atoms with van der Waals surface area (Å²) in [5, 5.41) is 0. The third-order valence-electron chi connectivity index (χ3n) is 3.75. The predicted molar refractivity (Wildman–Crippen MR) is 69.0 cm³/mol. The Labute approximate surface area is 103 Å². The Hall–Kier alpha value is -1.35. The van der Waals surface area contributed by atoms with Crippen LogP contribution in [0.4, 0.5) is 0 Å². The zero-order valence-electron chi connectivity index (χ0n) is 10.6. The Morgan fingerprint density at radius 3 is 2.94 bits per heavy atom. The molecule has 0 bridgehead atoms. The van der Waals surface area contributed by atoms with Gasteiger partial charge in [-0.1, -0.05) is 12.1 Å². The van der Waals surface area contributed by atoms with Crippen molar-refractivity contribution in [3.8, 4) is 0 Å². The molecule has 0 aromatic heterocycles. The number of nitrogens with zero attached hydrogens (tertiary/aromatic N) is 1. The maximum atomic E-state index is 12.5. The summed E-state index contributed by atoms with van der Waals surface area (Å²) in [7, 11) is 0. The molecule has 2 rings (SSSR count). The SMILES string of the molecule is Cc1cccc(C(=O)N2CCCC2CN)c1C. The van der Waals surface area contributed by atoms with Gasteiger partial charge in [0, 0.05) is 24.7 Å². The van der Waals surface area contributed by atoms with Gasteiger partial charge in [-0.05, 0) is 43.9 Å². The van der Waals surface area contributed by atoms with Crippen LogP contribution in [0, 0.1) is 13.8 Å². The second kappa shape index (κ2) is 4.88. The van der Waals surface area contributed by atoms with Gasteiger partial charge in [0.25, 0.3) is 5.91 Å². The number of hydrogen-bond donors (Lipinski definition) is 1. The molecule has 1 unspecified atom stereocenters. The minimum Gasteiger partial charge on any atom is -0.334 e. The lowest BCUT2D eigenvalue weighted by Crippen LogP contribution is -2.40. The number of benzene rings is 1. The normalized spacial score (nSPS) is 19.7. The molecule has 1 atom stereocenters. The molecule has 17 heavy (non-hydrogen) atoms. The van der Waals surface area contributed by atoms with Crippen LogP contribution in [-0.4, -0.2) is 29.9 Å². The largest absolute Gasteiger partial charge is 0.334 e. The molecule has 0 radical (unpaired) electrons. The van der Waals surface area contributed by atoms with E-state index in [9.17, 15) is 4.79 Å². The van der Waals surface area contributed by atoms with Crippen LogP contribution in [0.15, 0.2) is 18.2 Å². The molecule has 0 aliphatic carbocycles. The van der Waals surface area contributed by atoms with Crippen molar-refractivity contribution < 1.29 is 4.79 Å². The fourth-order valence-corrected chi connectivity index (χ4v) is 2.49. The third kappa shape index (κ3) is 2.20. The summed E-state index contributed by atoms with van der Waals surface area (Å²) in [6.07, 6.45) is 2.10. The molecule has 3 nitrogen and oxygen atoms in total. The highest BCUT2D eigenvalue weighted by Gasteiger charge is 2.28. The molecule has 92 valence electrons. The van der Waals surface area contributed by atoms with Crippen molar-refractivity contribution in [2.75, 3.05) is 13.1 Å². The van der Waals surface area contributed by atoms with Gasteiger partial charge in [0.1, 0.15) is 0 Å². The first kappa shape index (κ1) is 12.1. The molecule has 1 heterocycles. The lowest BCUT2D eigenvalue weighted by atomic mass is 10.0. The highest BCUT2D eigenvalue weighted by molar-refractivity contribution is 5.96. The molecule has 1 aromatic carbocycles. The molecule has 1 saturated heterocycles. The van der Waals surface area contributed by atoms with Crippen molar-refractivity contribution in [1.29, 1.82) is 0 Å². The number of amides is 1. The van der Waals surface area contributed by atoms with Crippen LogP contribution >= 0.6 is 0 Å². The van der Waals surface area contributed by atoms with Gasteiger partial charge < -0.3 is 10.6 Å². The summed E-state index contributed by atoms with van der Waals surface area (Å²) in [6.45, 7) is 5.46. The molecular formula is C14H20N2O. The van der Waals surface area contributed by atoms with Crippen LogP contribution < -0.4 is 5.73 Å². The van der Waals surface area contributed by atoms with Crippen LogP contribution in [-0.2, 0) is 0 Å². The summed E-state index contributed by atoms with van der Waals surface area (Å²) in [5.41, 5.74) is 8.79. The Morgan fingerprint density at radius 2 is 2.24 bits per heavy atom.